The number of fused-ring (bicyclic) bond motifs is 1. The van der Waals surface area contributed by atoms with Gasteiger partial charge in [0.1, 0.15) is 6.10 Å². The van der Waals surface area contributed by atoms with Crippen molar-refractivity contribution >= 4 is 5.97 Å². The quantitative estimate of drug-likeness (QED) is 0.829. The molecule has 6 nitrogen and oxygen atoms in total. The van der Waals surface area contributed by atoms with Crippen molar-refractivity contribution in [3.63, 3.8) is 0 Å². The largest absolute Gasteiger partial charge is 0.476 e. The summed E-state index contributed by atoms with van der Waals surface area (Å²) in [6.07, 6.45) is 3.09. The van der Waals surface area contributed by atoms with Gasteiger partial charge in [0, 0.05) is 25.6 Å². The highest BCUT2D eigenvalue weighted by Gasteiger charge is 2.32. The standard InChI is InChI=1S/C11H14N2O4/c14-11(15)7-6-10-13(12-7)4-3-9(17-10)8-2-1-5-16-8/h6,8-9H,1-5H2,(H,14,15). The van der Waals surface area contributed by atoms with Crippen molar-refractivity contribution < 1.29 is 19.4 Å². The number of aromatic nitrogens is 2. The molecule has 1 N–H and O–H groups in total. The van der Waals surface area contributed by atoms with Gasteiger partial charge in [0.2, 0.25) is 5.88 Å². The summed E-state index contributed by atoms with van der Waals surface area (Å²) in [5, 5.41) is 12.8. The van der Waals surface area contributed by atoms with Crippen molar-refractivity contribution in [3.8, 4) is 5.88 Å². The van der Waals surface area contributed by atoms with Crippen molar-refractivity contribution in [1.29, 1.82) is 0 Å². The van der Waals surface area contributed by atoms with E-state index in [1.165, 1.54) is 6.07 Å². The number of hydrogen-bond donors (Lipinski definition) is 1. The maximum Gasteiger partial charge on any atom is 0.356 e. The van der Waals surface area contributed by atoms with E-state index in [0.717, 1.165) is 25.9 Å². The lowest BCUT2D eigenvalue weighted by Crippen LogP contribution is -2.36. The summed E-state index contributed by atoms with van der Waals surface area (Å²) < 4.78 is 13.0. The third-order valence-corrected chi connectivity index (χ3v) is 3.24. The predicted molar refractivity (Wildman–Crippen MR) is 57.2 cm³/mol. The zero-order chi connectivity index (χ0) is 11.8. The van der Waals surface area contributed by atoms with Crippen LogP contribution in [0.3, 0.4) is 0 Å². The van der Waals surface area contributed by atoms with E-state index in [4.69, 9.17) is 14.6 Å². The Morgan fingerprint density at radius 3 is 3.06 bits per heavy atom. The van der Waals surface area contributed by atoms with Gasteiger partial charge < -0.3 is 14.6 Å². The summed E-state index contributed by atoms with van der Waals surface area (Å²) in [5.41, 5.74) is 0.0352. The van der Waals surface area contributed by atoms with Crippen LogP contribution in [-0.2, 0) is 11.3 Å². The summed E-state index contributed by atoms with van der Waals surface area (Å²) in [6.45, 7) is 1.48. The summed E-state index contributed by atoms with van der Waals surface area (Å²) >= 11 is 0. The first-order valence-electron chi connectivity index (χ1n) is 5.83. The van der Waals surface area contributed by atoms with Gasteiger partial charge >= 0.3 is 5.97 Å². The van der Waals surface area contributed by atoms with E-state index in [1.807, 2.05) is 0 Å². The van der Waals surface area contributed by atoms with Gasteiger partial charge in [-0.2, -0.15) is 5.10 Å². The van der Waals surface area contributed by atoms with Crippen molar-refractivity contribution in [2.75, 3.05) is 6.61 Å². The SMILES string of the molecule is O=C(O)c1cc2n(n1)CCC(C1CCCO1)O2. The van der Waals surface area contributed by atoms with E-state index in [1.54, 1.807) is 4.68 Å². The minimum Gasteiger partial charge on any atom is -0.476 e. The van der Waals surface area contributed by atoms with Crippen LogP contribution in [0, 0.1) is 0 Å². The van der Waals surface area contributed by atoms with Gasteiger partial charge in [-0.1, -0.05) is 0 Å². The molecule has 92 valence electrons. The van der Waals surface area contributed by atoms with Gasteiger partial charge in [-0.3, -0.25) is 0 Å². The number of aryl methyl sites for hydroxylation is 1. The number of nitrogens with zero attached hydrogens (tertiary/aromatic N) is 2. The molecule has 0 bridgehead atoms. The molecule has 1 saturated heterocycles. The monoisotopic (exact) mass is 238 g/mol. The lowest BCUT2D eigenvalue weighted by Gasteiger charge is -2.28. The smallest absolute Gasteiger partial charge is 0.356 e. The molecule has 17 heavy (non-hydrogen) atoms. The molecule has 0 aliphatic carbocycles. The Morgan fingerprint density at radius 2 is 2.35 bits per heavy atom. The van der Waals surface area contributed by atoms with E-state index < -0.39 is 5.97 Å². The number of ether oxygens (including phenoxy) is 2. The van der Waals surface area contributed by atoms with Crippen LogP contribution in [0.1, 0.15) is 29.8 Å². The Bertz CT molecular complexity index is 437. The maximum atomic E-state index is 10.8. The fraction of sp³-hybridized carbons (Fsp3) is 0.636. The Morgan fingerprint density at radius 1 is 1.47 bits per heavy atom. The lowest BCUT2D eigenvalue weighted by molar-refractivity contribution is -0.00967. The molecule has 0 spiro atoms. The Balaban J connectivity index is 1.77. The third-order valence-electron chi connectivity index (χ3n) is 3.24. The van der Waals surface area contributed by atoms with Crippen LogP contribution in [0.15, 0.2) is 6.07 Å². The molecule has 2 atom stereocenters. The highest BCUT2D eigenvalue weighted by atomic mass is 16.6. The van der Waals surface area contributed by atoms with Crippen molar-refractivity contribution in [3.05, 3.63) is 11.8 Å². The fourth-order valence-corrected chi connectivity index (χ4v) is 2.38. The number of carboxylic acid groups (broad SMARTS) is 1. The van der Waals surface area contributed by atoms with Crippen LogP contribution in [0.25, 0.3) is 0 Å². The number of aromatic carboxylic acids is 1. The molecular formula is C11H14N2O4. The molecule has 2 unspecified atom stereocenters. The van der Waals surface area contributed by atoms with E-state index in [9.17, 15) is 4.79 Å². The second-order valence-electron chi connectivity index (χ2n) is 4.39. The topological polar surface area (TPSA) is 73.6 Å². The summed E-state index contributed by atoms with van der Waals surface area (Å²) in [7, 11) is 0. The molecule has 2 aliphatic rings. The first-order valence-corrected chi connectivity index (χ1v) is 5.83. The van der Waals surface area contributed by atoms with Crippen LogP contribution in [0.5, 0.6) is 5.88 Å². The summed E-state index contributed by atoms with van der Waals surface area (Å²) in [6, 6.07) is 1.48. The molecule has 0 radical (unpaired) electrons. The zero-order valence-corrected chi connectivity index (χ0v) is 9.33. The molecule has 0 saturated carbocycles. The Labute approximate surface area is 98.1 Å². The van der Waals surface area contributed by atoms with Crippen molar-refractivity contribution in [2.45, 2.75) is 38.0 Å². The van der Waals surface area contributed by atoms with Crippen LogP contribution in [0.4, 0.5) is 0 Å². The lowest BCUT2D eigenvalue weighted by atomic mass is 10.1. The second-order valence-corrected chi connectivity index (χ2v) is 4.39. The fourth-order valence-electron chi connectivity index (χ4n) is 2.38. The first-order chi connectivity index (χ1) is 8.24. The van der Waals surface area contributed by atoms with E-state index in [2.05, 4.69) is 5.10 Å². The summed E-state index contributed by atoms with van der Waals surface area (Å²) in [4.78, 5) is 10.8. The van der Waals surface area contributed by atoms with Crippen molar-refractivity contribution in [1.82, 2.24) is 9.78 Å². The molecule has 6 heteroatoms. The maximum absolute atomic E-state index is 10.8. The van der Waals surface area contributed by atoms with Crippen LogP contribution < -0.4 is 4.74 Å². The van der Waals surface area contributed by atoms with Gasteiger partial charge in [-0.25, -0.2) is 9.48 Å². The minimum absolute atomic E-state index is 0.0309. The molecule has 2 aliphatic heterocycles. The Kier molecular flexibility index (Phi) is 2.51. The minimum atomic E-state index is -1.02. The first kappa shape index (κ1) is 10.6. The molecule has 1 aromatic heterocycles. The average molecular weight is 238 g/mol. The third kappa shape index (κ3) is 1.88. The van der Waals surface area contributed by atoms with E-state index >= 15 is 0 Å². The van der Waals surface area contributed by atoms with Crippen LogP contribution >= 0.6 is 0 Å². The highest BCUT2D eigenvalue weighted by Crippen LogP contribution is 2.28. The summed E-state index contributed by atoms with van der Waals surface area (Å²) in [5.74, 6) is -0.488. The van der Waals surface area contributed by atoms with Gasteiger partial charge in [0.15, 0.2) is 5.69 Å². The van der Waals surface area contributed by atoms with Gasteiger partial charge in [0.25, 0.3) is 0 Å². The molecule has 3 heterocycles. The normalized spacial score (nSPS) is 27.5. The number of rotatable bonds is 2. The number of carboxylic acids is 1. The van der Waals surface area contributed by atoms with Gasteiger partial charge in [-0.05, 0) is 12.8 Å². The molecule has 0 amide bonds. The van der Waals surface area contributed by atoms with Gasteiger partial charge in [0.05, 0.1) is 6.10 Å². The molecular weight excluding hydrogens is 224 g/mol. The average Bonchev–Trinajstić information content (AvgIpc) is 2.97. The highest BCUT2D eigenvalue weighted by molar-refractivity contribution is 5.85. The van der Waals surface area contributed by atoms with Crippen molar-refractivity contribution in [2.24, 2.45) is 0 Å². The number of hydrogen-bond acceptors (Lipinski definition) is 4. The van der Waals surface area contributed by atoms with E-state index in [0.29, 0.717) is 12.4 Å². The van der Waals surface area contributed by atoms with E-state index in [-0.39, 0.29) is 17.9 Å². The second kappa shape index (κ2) is 4.03. The molecule has 1 fully saturated rings. The molecule has 1 aromatic rings. The molecule has 0 aromatic carbocycles. The number of carbonyl (C=O) groups is 1. The van der Waals surface area contributed by atoms with Crippen LogP contribution in [0.2, 0.25) is 0 Å². The predicted octanol–water partition coefficient (Wildman–Crippen LogP) is 0.911. The van der Waals surface area contributed by atoms with Crippen LogP contribution in [-0.4, -0.2) is 39.7 Å². The Hall–Kier alpha value is -1.56. The zero-order valence-electron chi connectivity index (χ0n) is 9.33. The molecule has 3 rings (SSSR count). The van der Waals surface area contributed by atoms with Gasteiger partial charge in [-0.15, -0.1) is 0 Å².